The highest BCUT2D eigenvalue weighted by Gasteiger charge is 2.41. The van der Waals surface area contributed by atoms with Crippen molar-refractivity contribution < 1.29 is 19.4 Å². The summed E-state index contributed by atoms with van der Waals surface area (Å²) in [6.07, 6.45) is 0. The Morgan fingerprint density at radius 2 is 1.94 bits per heavy atom. The molecule has 0 saturated heterocycles. The first kappa shape index (κ1) is 22.7. The van der Waals surface area contributed by atoms with Gasteiger partial charge in [0.05, 0.1) is 26.2 Å². The van der Waals surface area contributed by atoms with E-state index in [4.69, 9.17) is 9.47 Å². The van der Waals surface area contributed by atoms with Crippen molar-refractivity contribution >= 4 is 17.0 Å². The quantitative estimate of drug-likeness (QED) is 0.578. The number of carbonyl (C=O) groups excluding carboxylic acids is 1. The molecule has 31 heavy (non-hydrogen) atoms. The fourth-order valence-electron chi connectivity index (χ4n) is 4.35. The average molecular weight is 426 g/mol. The van der Waals surface area contributed by atoms with E-state index < -0.39 is 5.41 Å². The number of fused-ring (bicyclic) bond motifs is 1. The minimum atomic E-state index is -0.888. The first-order valence-corrected chi connectivity index (χ1v) is 10.4. The summed E-state index contributed by atoms with van der Waals surface area (Å²) in [6, 6.07) is 7.91. The van der Waals surface area contributed by atoms with Crippen LogP contribution >= 0.6 is 0 Å². The molecule has 3 rings (SSSR count). The summed E-state index contributed by atoms with van der Waals surface area (Å²) in [5.74, 6) is -0.0159. The van der Waals surface area contributed by atoms with Crippen LogP contribution in [0.5, 0.6) is 5.75 Å². The molecule has 0 saturated carbocycles. The summed E-state index contributed by atoms with van der Waals surface area (Å²) in [5.41, 5.74) is 5.28. The fraction of sp³-hybridized carbons (Fsp3) is 0.458. The minimum Gasteiger partial charge on any atom is -0.494 e. The average Bonchev–Trinajstić information content (AvgIpc) is 3.20. The number of esters is 1. The van der Waals surface area contributed by atoms with Gasteiger partial charge >= 0.3 is 5.97 Å². The number of ether oxygens (including phenoxy) is 2. The maximum atomic E-state index is 12.9. The first-order valence-electron chi connectivity index (χ1n) is 10.4. The number of hydrogen-bond donors (Lipinski definition) is 1. The number of aliphatic hydroxyl groups is 1. The van der Waals surface area contributed by atoms with Crippen LogP contribution in [-0.4, -0.2) is 40.3 Å². The molecule has 0 unspecified atom stereocenters. The van der Waals surface area contributed by atoms with Gasteiger partial charge < -0.3 is 14.6 Å². The second kappa shape index (κ2) is 8.67. The first-order chi connectivity index (χ1) is 14.7. The number of hydrogen-bond acceptors (Lipinski definition) is 6. The zero-order valence-electron chi connectivity index (χ0n) is 19.3. The second-order valence-electron chi connectivity index (χ2n) is 8.39. The van der Waals surface area contributed by atoms with Crippen LogP contribution in [0.2, 0.25) is 0 Å². The van der Waals surface area contributed by atoms with Crippen LogP contribution < -0.4 is 4.74 Å². The van der Waals surface area contributed by atoms with Crippen molar-refractivity contribution in [3.63, 3.8) is 0 Å². The number of methoxy groups -OCH3 is 2. The molecule has 0 radical (unpaired) electrons. The number of rotatable bonds is 7. The van der Waals surface area contributed by atoms with Crippen molar-refractivity contribution in [3.8, 4) is 5.75 Å². The van der Waals surface area contributed by atoms with Crippen LogP contribution in [0, 0.1) is 19.3 Å². The van der Waals surface area contributed by atoms with Crippen molar-refractivity contribution in [2.24, 2.45) is 5.41 Å². The molecule has 0 spiro atoms. The second-order valence-corrected chi connectivity index (χ2v) is 8.39. The third kappa shape index (κ3) is 3.78. The third-order valence-corrected chi connectivity index (χ3v) is 6.18. The van der Waals surface area contributed by atoms with Gasteiger partial charge in [0.1, 0.15) is 16.8 Å². The Morgan fingerprint density at radius 3 is 2.52 bits per heavy atom. The zero-order valence-corrected chi connectivity index (χ0v) is 19.3. The number of aromatic nitrogens is 3. The molecule has 7 nitrogen and oxygen atoms in total. The van der Waals surface area contributed by atoms with Gasteiger partial charge in [-0.3, -0.25) is 4.79 Å². The van der Waals surface area contributed by atoms with E-state index in [1.807, 2.05) is 58.9 Å². The van der Waals surface area contributed by atoms with Crippen molar-refractivity contribution in [2.75, 3.05) is 14.2 Å². The molecule has 0 bridgehead atoms. The lowest BCUT2D eigenvalue weighted by Crippen LogP contribution is -2.34. The van der Waals surface area contributed by atoms with Crippen molar-refractivity contribution in [2.45, 2.75) is 53.7 Å². The predicted octanol–water partition coefficient (Wildman–Crippen LogP) is 3.90. The highest BCUT2D eigenvalue weighted by Crippen LogP contribution is 2.46. The zero-order chi connectivity index (χ0) is 22.9. The van der Waals surface area contributed by atoms with E-state index in [2.05, 4.69) is 10.3 Å². The largest absolute Gasteiger partial charge is 0.494 e. The Bertz CT molecular complexity index is 1120. The number of aliphatic hydroxyl groups excluding tert-OH is 1. The SMILES string of the molecule is CCn1nnc2c(C)c([C@@H](c3ccc(C)c(CO)c3)C(C)(C)C(=O)OC)cc(OC)c21. The van der Waals surface area contributed by atoms with E-state index in [1.54, 1.807) is 11.8 Å². The molecule has 1 N–H and O–H groups in total. The van der Waals surface area contributed by atoms with Gasteiger partial charge in [0.25, 0.3) is 0 Å². The highest BCUT2D eigenvalue weighted by atomic mass is 16.5. The summed E-state index contributed by atoms with van der Waals surface area (Å²) in [7, 11) is 3.02. The van der Waals surface area contributed by atoms with Gasteiger partial charge in [0.15, 0.2) is 0 Å². The molecule has 0 aliphatic heterocycles. The van der Waals surface area contributed by atoms with Gasteiger partial charge in [-0.25, -0.2) is 4.68 Å². The third-order valence-electron chi connectivity index (χ3n) is 6.18. The van der Waals surface area contributed by atoms with Crippen LogP contribution in [-0.2, 0) is 22.7 Å². The van der Waals surface area contributed by atoms with Crippen LogP contribution in [0.15, 0.2) is 24.3 Å². The van der Waals surface area contributed by atoms with Gasteiger partial charge in [-0.1, -0.05) is 23.4 Å². The Hall–Kier alpha value is -2.93. The molecule has 1 atom stereocenters. The maximum absolute atomic E-state index is 12.9. The monoisotopic (exact) mass is 425 g/mol. The smallest absolute Gasteiger partial charge is 0.312 e. The number of nitrogens with zero attached hydrogens (tertiary/aromatic N) is 3. The Labute approximate surface area is 183 Å². The molecule has 0 aliphatic rings. The summed E-state index contributed by atoms with van der Waals surface area (Å²) >= 11 is 0. The lowest BCUT2D eigenvalue weighted by molar-refractivity contribution is -0.151. The van der Waals surface area contributed by atoms with Crippen molar-refractivity contribution in [1.82, 2.24) is 15.0 Å². The molecule has 7 heteroatoms. The van der Waals surface area contributed by atoms with Gasteiger partial charge in [0.2, 0.25) is 0 Å². The van der Waals surface area contributed by atoms with Gasteiger partial charge in [-0.15, -0.1) is 5.10 Å². The minimum absolute atomic E-state index is 0.0722. The van der Waals surface area contributed by atoms with Crippen LogP contribution in [0.3, 0.4) is 0 Å². The standard InChI is InChI=1S/C24H31N3O4/c1-8-27-22-19(30-6)12-18(15(3)21(22)25-26-27)20(24(4,5)23(29)31-7)16-10-9-14(2)17(11-16)13-28/h9-12,20,28H,8,13H2,1-7H3/t20-/m1/s1. The van der Waals surface area contributed by atoms with E-state index in [-0.39, 0.29) is 18.5 Å². The number of benzene rings is 2. The molecule has 0 fully saturated rings. The summed E-state index contributed by atoms with van der Waals surface area (Å²) in [5, 5.41) is 18.5. The van der Waals surface area contributed by atoms with Gasteiger partial charge in [-0.2, -0.15) is 0 Å². The lowest BCUT2D eigenvalue weighted by Gasteiger charge is -2.34. The van der Waals surface area contributed by atoms with Crippen molar-refractivity contribution in [1.29, 1.82) is 0 Å². The van der Waals surface area contributed by atoms with Crippen LogP contribution in [0.1, 0.15) is 54.5 Å². The maximum Gasteiger partial charge on any atom is 0.312 e. The topological polar surface area (TPSA) is 86.5 Å². The molecule has 3 aromatic rings. The Morgan fingerprint density at radius 1 is 1.23 bits per heavy atom. The van der Waals surface area contributed by atoms with Gasteiger partial charge in [0, 0.05) is 12.5 Å². The Kier molecular flexibility index (Phi) is 6.36. The molecule has 0 amide bonds. The molecular formula is C24H31N3O4. The molecule has 1 aromatic heterocycles. The normalized spacial score (nSPS) is 12.8. The predicted molar refractivity (Wildman–Crippen MR) is 119 cm³/mol. The summed E-state index contributed by atoms with van der Waals surface area (Å²) in [4.78, 5) is 12.9. The van der Waals surface area contributed by atoms with Crippen molar-refractivity contribution in [3.05, 3.63) is 52.1 Å². The molecule has 1 heterocycles. The highest BCUT2D eigenvalue weighted by molar-refractivity contribution is 5.87. The molecular weight excluding hydrogens is 394 g/mol. The number of carbonyl (C=O) groups is 1. The lowest BCUT2D eigenvalue weighted by atomic mass is 9.69. The summed E-state index contributed by atoms with van der Waals surface area (Å²) < 4.78 is 12.7. The summed E-state index contributed by atoms with van der Waals surface area (Å²) in [6.45, 7) is 10.3. The molecule has 2 aromatic carbocycles. The number of aryl methyl sites for hydroxylation is 3. The fourth-order valence-corrected chi connectivity index (χ4v) is 4.35. The Balaban J connectivity index is 2.36. The van der Waals surface area contributed by atoms with Gasteiger partial charge in [-0.05, 0) is 68.5 Å². The van der Waals surface area contributed by atoms with E-state index in [0.717, 1.165) is 38.9 Å². The van der Waals surface area contributed by atoms with Crippen LogP contribution in [0.4, 0.5) is 0 Å². The molecule has 0 aliphatic carbocycles. The van der Waals surface area contributed by atoms with E-state index in [9.17, 15) is 9.90 Å². The van der Waals surface area contributed by atoms with E-state index in [0.29, 0.717) is 12.3 Å². The van der Waals surface area contributed by atoms with E-state index in [1.165, 1.54) is 7.11 Å². The molecule has 166 valence electrons. The van der Waals surface area contributed by atoms with E-state index >= 15 is 0 Å². The van der Waals surface area contributed by atoms with Crippen LogP contribution in [0.25, 0.3) is 11.0 Å².